The Kier molecular flexibility index (Phi) is 7.21. The molecular weight excluding hydrogens is 340 g/mol. The Morgan fingerprint density at radius 1 is 1.44 bits per heavy atom. The molecule has 0 aliphatic rings. The van der Waals surface area contributed by atoms with Gasteiger partial charge in [-0.15, -0.1) is 11.3 Å². The van der Waals surface area contributed by atoms with Crippen molar-refractivity contribution in [2.45, 2.75) is 26.2 Å². The Labute approximate surface area is 150 Å². The van der Waals surface area contributed by atoms with Crippen molar-refractivity contribution in [3.8, 4) is 11.5 Å². The van der Waals surface area contributed by atoms with E-state index in [0.29, 0.717) is 28.9 Å². The second-order valence-corrected chi connectivity index (χ2v) is 6.15. The minimum atomic E-state index is -0.256. The van der Waals surface area contributed by atoms with Gasteiger partial charge in [-0.1, -0.05) is 13.3 Å². The topological polar surface area (TPSA) is 98.8 Å². The molecule has 0 atom stereocenters. The monoisotopic (exact) mass is 362 g/mol. The van der Waals surface area contributed by atoms with E-state index in [0.717, 1.165) is 18.4 Å². The van der Waals surface area contributed by atoms with Crippen LogP contribution in [0.2, 0.25) is 0 Å². The number of aromatic nitrogens is 1. The maximum Gasteiger partial charge on any atom is 0.246 e. The summed E-state index contributed by atoms with van der Waals surface area (Å²) in [4.78, 5) is 15.8. The molecule has 2 rings (SSSR count). The number of unbranched alkanes of at least 4 members (excludes halogenated alkanes) is 1. The van der Waals surface area contributed by atoms with E-state index in [4.69, 9.17) is 15.2 Å². The Morgan fingerprint density at radius 2 is 2.28 bits per heavy atom. The Balaban J connectivity index is 1.90. The van der Waals surface area contributed by atoms with Gasteiger partial charge >= 0.3 is 0 Å². The summed E-state index contributed by atoms with van der Waals surface area (Å²) >= 11 is 1.30. The fourth-order valence-corrected chi connectivity index (χ4v) is 2.56. The van der Waals surface area contributed by atoms with Gasteiger partial charge in [0, 0.05) is 5.38 Å². The number of nitrogen functional groups attached to an aromatic ring is 1. The quantitative estimate of drug-likeness (QED) is 0.406. The molecule has 1 amide bonds. The largest absolute Gasteiger partial charge is 0.493 e. The SMILES string of the molecule is CCCCOc1ccc(/C=N/NC(=O)Cc2csc(N)n2)cc1OC. The fraction of sp³-hybridized carbons (Fsp3) is 0.353. The van der Waals surface area contributed by atoms with Crippen molar-refractivity contribution in [3.05, 3.63) is 34.8 Å². The summed E-state index contributed by atoms with van der Waals surface area (Å²) in [5, 5.41) is 6.14. The lowest BCUT2D eigenvalue weighted by atomic mass is 10.2. The number of methoxy groups -OCH3 is 1. The maximum atomic E-state index is 11.8. The number of nitrogens with zero attached hydrogens (tertiary/aromatic N) is 2. The Bertz CT molecular complexity index is 730. The van der Waals surface area contributed by atoms with Gasteiger partial charge in [0.15, 0.2) is 16.6 Å². The van der Waals surface area contributed by atoms with Crippen molar-refractivity contribution in [2.24, 2.45) is 5.10 Å². The lowest BCUT2D eigenvalue weighted by Gasteiger charge is -2.10. The zero-order chi connectivity index (χ0) is 18.1. The molecule has 0 saturated heterocycles. The molecule has 0 radical (unpaired) electrons. The van der Waals surface area contributed by atoms with Crippen LogP contribution in [-0.4, -0.2) is 30.8 Å². The molecule has 0 fully saturated rings. The van der Waals surface area contributed by atoms with Crippen molar-refractivity contribution in [1.82, 2.24) is 10.4 Å². The van der Waals surface area contributed by atoms with E-state index in [1.54, 1.807) is 24.8 Å². The molecular formula is C17H22N4O3S. The van der Waals surface area contributed by atoms with Crippen LogP contribution in [0.3, 0.4) is 0 Å². The Hall–Kier alpha value is -2.61. The second kappa shape index (κ2) is 9.63. The van der Waals surface area contributed by atoms with Gasteiger partial charge in [0.05, 0.1) is 32.0 Å². The number of hydrogen-bond donors (Lipinski definition) is 2. The van der Waals surface area contributed by atoms with Gasteiger partial charge in [-0.3, -0.25) is 4.79 Å². The number of rotatable bonds is 9. The number of nitrogens with one attached hydrogen (secondary N) is 1. The second-order valence-electron chi connectivity index (χ2n) is 5.26. The van der Waals surface area contributed by atoms with Gasteiger partial charge in [0.1, 0.15) is 0 Å². The first-order chi connectivity index (χ1) is 12.1. The highest BCUT2D eigenvalue weighted by atomic mass is 32.1. The molecule has 0 saturated carbocycles. The molecule has 2 aromatic rings. The van der Waals surface area contributed by atoms with Crippen molar-refractivity contribution in [1.29, 1.82) is 0 Å². The number of benzene rings is 1. The average Bonchev–Trinajstić information content (AvgIpc) is 3.00. The number of ether oxygens (including phenoxy) is 2. The van der Waals surface area contributed by atoms with Crippen molar-refractivity contribution >= 4 is 28.6 Å². The predicted octanol–water partition coefficient (Wildman–Crippen LogP) is 2.61. The standard InChI is InChI=1S/C17H22N4O3S/c1-3-4-7-24-14-6-5-12(8-15(14)23-2)10-19-21-16(22)9-13-11-25-17(18)20-13/h5-6,8,10-11H,3-4,7,9H2,1-2H3,(H2,18,20)(H,21,22)/b19-10+. The summed E-state index contributed by atoms with van der Waals surface area (Å²) < 4.78 is 11.0. The van der Waals surface area contributed by atoms with Crippen molar-refractivity contribution < 1.29 is 14.3 Å². The van der Waals surface area contributed by atoms with E-state index < -0.39 is 0 Å². The molecule has 3 N–H and O–H groups in total. The number of amides is 1. The highest BCUT2D eigenvalue weighted by Crippen LogP contribution is 2.27. The summed E-state index contributed by atoms with van der Waals surface area (Å²) in [5.74, 6) is 1.07. The first-order valence-electron chi connectivity index (χ1n) is 7.95. The molecule has 8 heteroatoms. The highest BCUT2D eigenvalue weighted by Gasteiger charge is 2.07. The molecule has 1 aromatic carbocycles. The van der Waals surface area contributed by atoms with E-state index in [9.17, 15) is 4.79 Å². The number of carbonyl (C=O) groups excluding carboxylic acids is 1. The molecule has 0 aliphatic heterocycles. The number of hydrogen-bond acceptors (Lipinski definition) is 7. The van der Waals surface area contributed by atoms with Crippen LogP contribution in [0.15, 0.2) is 28.7 Å². The van der Waals surface area contributed by atoms with Crippen LogP contribution in [0.25, 0.3) is 0 Å². The number of carbonyl (C=O) groups is 1. The smallest absolute Gasteiger partial charge is 0.246 e. The van der Waals surface area contributed by atoms with Gasteiger partial charge in [-0.25, -0.2) is 10.4 Å². The Morgan fingerprint density at radius 3 is 2.96 bits per heavy atom. The zero-order valence-corrected chi connectivity index (χ0v) is 15.1. The van der Waals surface area contributed by atoms with Crippen LogP contribution in [0.5, 0.6) is 11.5 Å². The average molecular weight is 362 g/mol. The van der Waals surface area contributed by atoms with E-state index in [2.05, 4.69) is 22.4 Å². The van der Waals surface area contributed by atoms with Crippen LogP contribution in [0, 0.1) is 0 Å². The van der Waals surface area contributed by atoms with Crippen LogP contribution < -0.4 is 20.6 Å². The lowest BCUT2D eigenvalue weighted by Crippen LogP contribution is -2.19. The van der Waals surface area contributed by atoms with E-state index >= 15 is 0 Å². The number of anilines is 1. The predicted molar refractivity (Wildman–Crippen MR) is 99.4 cm³/mol. The fourth-order valence-electron chi connectivity index (χ4n) is 2.00. The van der Waals surface area contributed by atoms with E-state index in [1.165, 1.54) is 11.3 Å². The molecule has 134 valence electrons. The summed E-state index contributed by atoms with van der Waals surface area (Å²) in [6.07, 6.45) is 3.74. The normalized spacial score (nSPS) is 10.8. The highest BCUT2D eigenvalue weighted by molar-refractivity contribution is 7.13. The number of nitrogens with two attached hydrogens (primary N) is 1. The third-order valence-electron chi connectivity index (χ3n) is 3.26. The molecule has 7 nitrogen and oxygen atoms in total. The molecule has 0 spiro atoms. The maximum absolute atomic E-state index is 11.8. The first kappa shape index (κ1) is 18.7. The van der Waals surface area contributed by atoms with Gasteiger partial charge in [0.25, 0.3) is 0 Å². The molecule has 0 bridgehead atoms. The first-order valence-corrected chi connectivity index (χ1v) is 8.83. The lowest BCUT2D eigenvalue weighted by molar-refractivity contribution is -0.120. The molecule has 0 aliphatic carbocycles. The van der Waals surface area contributed by atoms with E-state index in [1.807, 2.05) is 12.1 Å². The number of hydrazone groups is 1. The van der Waals surface area contributed by atoms with Gasteiger partial charge in [-0.05, 0) is 30.2 Å². The molecule has 25 heavy (non-hydrogen) atoms. The van der Waals surface area contributed by atoms with Gasteiger partial charge in [0.2, 0.25) is 5.91 Å². The van der Waals surface area contributed by atoms with Crippen LogP contribution in [0.1, 0.15) is 31.0 Å². The van der Waals surface area contributed by atoms with Crippen LogP contribution in [-0.2, 0) is 11.2 Å². The minimum Gasteiger partial charge on any atom is -0.493 e. The van der Waals surface area contributed by atoms with E-state index in [-0.39, 0.29) is 12.3 Å². The third-order valence-corrected chi connectivity index (χ3v) is 3.98. The summed E-state index contributed by atoms with van der Waals surface area (Å²) in [5.41, 5.74) is 9.42. The molecule has 1 aromatic heterocycles. The summed E-state index contributed by atoms with van der Waals surface area (Å²) in [6.45, 7) is 2.76. The van der Waals surface area contributed by atoms with Crippen LogP contribution in [0.4, 0.5) is 5.13 Å². The summed E-state index contributed by atoms with van der Waals surface area (Å²) in [6, 6.07) is 5.48. The zero-order valence-electron chi connectivity index (χ0n) is 14.3. The number of thiazole rings is 1. The molecule has 1 heterocycles. The van der Waals surface area contributed by atoms with Gasteiger partial charge in [-0.2, -0.15) is 5.10 Å². The van der Waals surface area contributed by atoms with Crippen molar-refractivity contribution in [2.75, 3.05) is 19.5 Å². The summed E-state index contributed by atoms with van der Waals surface area (Å²) in [7, 11) is 1.59. The minimum absolute atomic E-state index is 0.137. The molecule has 0 unspecified atom stereocenters. The third kappa shape index (κ3) is 6.07. The van der Waals surface area contributed by atoms with Crippen molar-refractivity contribution in [3.63, 3.8) is 0 Å². The van der Waals surface area contributed by atoms with Crippen LogP contribution >= 0.6 is 11.3 Å². The van der Waals surface area contributed by atoms with Gasteiger partial charge < -0.3 is 15.2 Å².